The number of nitrogens with zero attached hydrogens (tertiary/aromatic N) is 2. The van der Waals surface area contributed by atoms with Crippen LogP contribution in [0.5, 0.6) is 11.5 Å². The first kappa shape index (κ1) is 20.4. The molecule has 0 fully saturated rings. The summed E-state index contributed by atoms with van der Waals surface area (Å²) in [6.45, 7) is 1.82. The van der Waals surface area contributed by atoms with Crippen LogP contribution in [0.15, 0.2) is 53.3 Å². The Morgan fingerprint density at radius 1 is 0.966 bits per heavy atom. The summed E-state index contributed by atoms with van der Waals surface area (Å²) in [7, 11) is 2.88. The molecule has 29 heavy (non-hydrogen) atoms. The van der Waals surface area contributed by atoms with E-state index in [1.54, 1.807) is 24.3 Å². The summed E-state index contributed by atoms with van der Waals surface area (Å²) in [5, 5.41) is 4.17. The molecule has 3 rings (SSSR count). The monoisotopic (exact) mass is 404 g/mol. The summed E-state index contributed by atoms with van der Waals surface area (Å²) < 4.78 is 51.7. The highest BCUT2D eigenvalue weighted by molar-refractivity contribution is 5.64. The molecule has 152 valence electrons. The molecule has 3 aromatic rings. The Bertz CT molecular complexity index is 1070. The van der Waals surface area contributed by atoms with Crippen LogP contribution in [0.2, 0.25) is 0 Å². The number of benzene rings is 2. The van der Waals surface area contributed by atoms with E-state index in [9.17, 15) is 18.0 Å². The fourth-order valence-electron chi connectivity index (χ4n) is 2.86. The maximum Gasteiger partial charge on any atom is 0.421 e. The third-order valence-electron chi connectivity index (χ3n) is 4.41. The average molecular weight is 404 g/mol. The molecule has 0 atom stereocenters. The van der Waals surface area contributed by atoms with E-state index in [2.05, 4.69) is 5.10 Å². The van der Waals surface area contributed by atoms with Crippen LogP contribution in [0.4, 0.5) is 13.2 Å². The normalized spacial score (nSPS) is 11.4. The first-order valence-electron chi connectivity index (χ1n) is 8.70. The van der Waals surface area contributed by atoms with Crippen molar-refractivity contribution in [1.82, 2.24) is 9.78 Å². The molecule has 0 saturated carbocycles. The molecule has 0 spiro atoms. The van der Waals surface area contributed by atoms with Crippen molar-refractivity contribution in [1.29, 1.82) is 0 Å². The van der Waals surface area contributed by atoms with Gasteiger partial charge in [0.1, 0.15) is 5.56 Å². The van der Waals surface area contributed by atoms with E-state index in [0.29, 0.717) is 22.6 Å². The number of hydrogen-bond donors (Lipinski definition) is 0. The second-order valence-corrected chi connectivity index (χ2v) is 6.46. The van der Waals surface area contributed by atoms with Gasteiger partial charge in [0, 0.05) is 5.56 Å². The Morgan fingerprint density at radius 2 is 1.62 bits per heavy atom. The minimum absolute atomic E-state index is 0.00462. The quantitative estimate of drug-likeness (QED) is 0.636. The standard InChI is InChI=1S/C21H19F3N2O3/c1-13-4-6-14(7-5-13)12-26-20(27)16(21(22,23)24)11-17(25-26)15-8-9-18(28-2)19(10-15)29-3/h4-11H,12H2,1-3H3. The molecule has 0 unspecified atom stereocenters. The predicted molar refractivity (Wildman–Crippen MR) is 102 cm³/mol. The van der Waals surface area contributed by atoms with E-state index in [0.717, 1.165) is 16.3 Å². The Labute approximate surface area is 165 Å². The summed E-state index contributed by atoms with van der Waals surface area (Å²) in [6.07, 6.45) is -4.81. The zero-order valence-corrected chi connectivity index (χ0v) is 16.1. The lowest BCUT2D eigenvalue weighted by Gasteiger charge is -2.14. The molecule has 0 N–H and O–H groups in total. The number of aryl methyl sites for hydroxylation is 1. The van der Waals surface area contributed by atoms with Crippen LogP contribution in [-0.4, -0.2) is 24.0 Å². The van der Waals surface area contributed by atoms with Crippen LogP contribution >= 0.6 is 0 Å². The van der Waals surface area contributed by atoms with Crippen LogP contribution < -0.4 is 15.0 Å². The molecule has 5 nitrogen and oxygen atoms in total. The molecule has 0 aliphatic rings. The SMILES string of the molecule is COc1ccc(-c2cc(C(F)(F)F)c(=O)n(Cc3ccc(C)cc3)n2)cc1OC. The zero-order valence-electron chi connectivity index (χ0n) is 16.1. The fraction of sp³-hybridized carbons (Fsp3) is 0.238. The Balaban J connectivity index is 2.15. The van der Waals surface area contributed by atoms with Crippen molar-refractivity contribution in [2.24, 2.45) is 0 Å². The number of alkyl halides is 3. The third kappa shape index (κ3) is 4.42. The van der Waals surface area contributed by atoms with Gasteiger partial charge in [-0.05, 0) is 36.8 Å². The first-order chi connectivity index (χ1) is 13.7. The molecule has 2 aromatic carbocycles. The average Bonchev–Trinajstić information content (AvgIpc) is 2.69. The summed E-state index contributed by atoms with van der Waals surface area (Å²) >= 11 is 0. The van der Waals surface area contributed by atoms with E-state index in [1.165, 1.54) is 20.3 Å². The van der Waals surface area contributed by atoms with E-state index in [1.807, 2.05) is 19.1 Å². The van der Waals surface area contributed by atoms with Gasteiger partial charge in [0.05, 0.1) is 26.5 Å². The largest absolute Gasteiger partial charge is 0.493 e. The van der Waals surface area contributed by atoms with Gasteiger partial charge in [-0.2, -0.15) is 18.3 Å². The number of hydrogen-bond acceptors (Lipinski definition) is 4. The number of methoxy groups -OCH3 is 2. The van der Waals surface area contributed by atoms with Crippen molar-refractivity contribution >= 4 is 0 Å². The predicted octanol–water partition coefficient (Wildman–Crippen LogP) is 4.30. The van der Waals surface area contributed by atoms with Crippen molar-refractivity contribution in [3.05, 3.63) is 75.6 Å². The summed E-state index contributed by atoms with van der Waals surface area (Å²) in [5.41, 5.74) is -0.422. The minimum atomic E-state index is -4.81. The van der Waals surface area contributed by atoms with E-state index >= 15 is 0 Å². The number of ether oxygens (including phenoxy) is 2. The molecule has 0 aliphatic heterocycles. The van der Waals surface area contributed by atoms with Gasteiger partial charge in [-0.1, -0.05) is 29.8 Å². The Kier molecular flexibility index (Phi) is 5.63. The topological polar surface area (TPSA) is 53.4 Å². The number of rotatable bonds is 5. The molecule has 1 aromatic heterocycles. The third-order valence-corrected chi connectivity index (χ3v) is 4.41. The smallest absolute Gasteiger partial charge is 0.421 e. The van der Waals surface area contributed by atoms with E-state index < -0.39 is 17.3 Å². The lowest BCUT2D eigenvalue weighted by molar-refractivity contribution is -0.139. The van der Waals surface area contributed by atoms with Crippen LogP contribution in [-0.2, 0) is 12.7 Å². The van der Waals surface area contributed by atoms with Crippen molar-refractivity contribution < 1.29 is 22.6 Å². The van der Waals surface area contributed by atoms with Crippen LogP contribution in [0.1, 0.15) is 16.7 Å². The second-order valence-electron chi connectivity index (χ2n) is 6.46. The molecule has 0 aliphatic carbocycles. The van der Waals surface area contributed by atoms with Crippen LogP contribution in [0, 0.1) is 6.92 Å². The lowest BCUT2D eigenvalue weighted by atomic mass is 10.1. The highest BCUT2D eigenvalue weighted by Gasteiger charge is 2.35. The van der Waals surface area contributed by atoms with Crippen molar-refractivity contribution in [2.75, 3.05) is 14.2 Å². The Hall–Kier alpha value is -3.29. The Morgan fingerprint density at radius 3 is 2.21 bits per heavy atom. The van der Waals surface area contributed by atoms with Gasteiger partial charge < -0.3 is 9.47 Å². The van der Waals surface area contributed by atoms with E-state index in [4.69, 9.17) is 9.47 Å². The van der Waals surface area contributed by atoms with Gasteiger partial charge >= 0.3 is 6.18 Å². The van der Waals surface area contributed by atoms with Crippen LogP contribution in [0.3, 0.4) is 0 Å². The minimum Gasteiger partial charge on any atom is -0.493 e. The summed E-state index contributed by atoms with van der Waals surface area (Å²) in [6, 6.07) is 12.5. The highest BCUT2D eigenvalue weighted by Crippen LogP contribution is 2.33. The van der Waals surface area contributed by atoms with Gasteiger partial charge in [-0.3, -0.25) is 4.79 Å². The second kappa shape index (κ2) is 7.98. The first-order valence-corrected chi connectivity index (χ1v) is 8.70. The molecule has 8 heteroatoms. The number of aromatic nitrogens is 2. The van der Waals surface area contributed by atoms with Gasteiger partial charge in [-0.15, -0.1) is 0 Å². The molecule has 1 heterocycles. The van der Waals surface area contributed by atoms with Gasteiger partial charge in [0.25, 0.3) is 5.56 Å². The maximum atomic E-state index is 13.5. The van der Waals surface area contributed by atoms with Crippen molar-refractivity contribution in [3.63, 3.8) is 0 Å². The van der Waals surface area contributed by atoms with Crippen molar-refractivity contribution in [2.45, 2.75) is 19.6 Å². The molecule has 0 bridgehead atoms. The highest BCUT2D eigenvalue weighted by atomic mass is 19.4. The molecular formula is C21H19F3N2O3. The fourth-order valence-corrected chi connectivity index (χ4v) is 2.86. The molecule has 0 saturated heterocycles. The van der Waals surface area contributed by atoms with Gasteiger partial charge in [0.15, 0.2) is 11.5 Å². The number of halogens is 3. The maximum absolute atomic E-state index is 13.5. The molecule has 0 amide bonds. The summed E-state index contributed by atoms with van der Waals surface area (Å²) in [4.78, 5) is 12.4. The lowest BCUT2D eigenvalue weighted by Crippen LogP contribution is -2.31. The summed E-state index contributed by atoms with van der Waals surface area (Å²) in [5.74, 6) is 0.775. The van der Waals surface area contributed by atoms with Crippen LogP contribution in [0.25, 0.3) is 11.3 Å². The van der Waals surface area contributed by atoms with E-state index in [-0.39, 0.29) is 12.2 Å². The molecular weight excluding hydrogens is 385 g/mol. The van der Waals surface area contributed by atoms with Gasteiger partial charge in [0.2, 0.25) is 0 Å². The molecule has 0 radical (unpaired) electrons. The zero-order chi connectivity index (χ0) is 21.2. The van der Waals surface area contributed by atoms with Gasteiger partial charge in [-0.25, -0.2) is 4.68 Å². The van der Waals surface area contributed by atoms with Crippen molar-refractivity contribution in [3.8, 4) is 22.8 Å².